The molecule has 14 nitrogen and oxygen atoms in total. The SMILES string of the molecule is COC1=CCC(C=CC(=O)c2c(OC(C)=O)cccc2O[C@@H]2O[C@H](COC(C)=O)[C@@H](OC(C)=O)[C@H](OC(C)=O)[C@H]2OC(C)=O)C=C1. The van der Waals surface area contributed by atoms with Gasteiger partial charge in [0, 0.05) is 34.6 Å². The van der Waals surface area contributed by atoms with E-state index in [1.807, 2.05) is 12.2 Å². The van der Waals surface area contributed by atoms with Crippen LogP contribution in [0.2, 0.25) is 0 Å². The quantitative estimate of drug-likeness (QED) is 0.107. The van der Waals surface area contributed by atoms with Crippen molar-refractivity contribution in [3.8, 4) is 11.5 Å². The minimum absolute atomic E-state index is 0.132. The Morgan fingerprint density at radius 2 is 1.46 bits per heavy atom. The van der Waals surface area contributed by atoms with E-state index in [9.17, 15) is 28.8 Å². The average molecular weight is 645 g/mol. The molecular formula is C32H36O14. The highest BCUT2D eigenvalue weighted by atomic mass is 16.7. The molecule has 0 amide bonds. The number of methoxy groups -OCH3 is 1. The lowest BCUT2D eigenvalue weighted by molar-refractivity contribution is -0.288. The number of benzene rings is 1. The molecule has 1 aliphatic carbocycles. The molecule has 3 rings (SSSR count). The molecule has 1 unspecified atom stereocenters. The first-order valence-corrected chi connectivity index (χ1v) is 14.2. The Bertz CT molecular complexity index is 1420. The lowest BCUT2D eigenvalue weighted by Crippen LogP contribution is -2.63. The summed E-state index contributed by atoms with van der Waals surface area (Å²) in [6, 6.07) is 4.22. The summed E-state index contributed by atoms with van der Waals surface area (Å²) >= 11 is 0. The molecule has 6 atom stereocenters. The average Bonchev–Trinajstić information content (AvgIpc) is 2.97. The Labute approximate surface area is 265 Å². The molecule has 0 bridgehead atoms. The molecule has 1 saturated heterocycles. The Kier molecular flexibility index (Phi) is 12.6. The Hall–Kier alpha value is -4.98. The summed E-state index contributed by atoms with van der Waals surface area (Å²) in [4.78, 5) is 73.6. The first kappa shape index (κ1) is 35.5. The van der Waals surface area contributed by atoms with Crippen LogP contribution in [-0.4, -0.2) is 80.1 Å². The van der Waals surface area contributed by atoms with Gasteiger partial charge in [-0.15, -0.1) is 0 Å². The number of carbonyl (C=O) groups excluding carboxylic acids is 6. The van der Waals surface area contributed by atoms with E-state index < -0.39 is 72.9 Å². The van der Waals surface area contributed by atoms with E-state index in [2.05, 4.69) is 0 Å². The van der Waals surface area contributed by atoms with Crippen LogP contribution in [0.4, 0.5) is 0 Å². The first-order valence-electron chi connectivity index (χ1n) is 14.2. The van der Waals surface area contributed by atoms with Crippen molar-refractivity contribution >= 4 is 35.6 Å². The van der Waals surface area contributed by atoms with E-state index >= 15 is 0 Å². The number of carbonyl (C=O) groups is 6. The Balaban J connectivity index is 2.06. The normalized spacial score (nSPS) is 23.8. The third-order valence-corrected chi connectivity index (χ3v) is 6.51. The van der Waals surface area contributed by atoms with E-state index in [0.717, 1.165) is 34.6 Å². The topological polar surface area (TPSA) is 176 Å². The first-order chi connectivity index (χ1) is 21.8. The summed E-state index contributed by atoms with van der Waals surface area (Å²) in [5.74, 6) is -4.20. The van der Waals surface area contributed by atoms with E-state index in [0.29, 0.717) is 12.2 Å². The Morgan fingerprint density at radius 3 is 2.02 bits per heavy atom. The van der Waals surface area contributed by atoms with Crippen molar-refractivity contribution in [2.45, 2.75) is 71.7 Å². The van der Waals surface area contributed by atoms with Gasteiger partial charge in [-0.2, -0.15) is 0 Å². The van der Waals surface area contributed by atoms with Gasteiger partial charge in [-0.05, 0) is 42.7 Å². The monoisotopic (exact) mass is 644 g/mol. The van der Waals surface area contributed by atoms with Gasteiger partial charge < -0.3 is 37.9 Å². The molecule has 46 heavy (non-hydrogen) atoms. The maximum Gasteiger partial charge on any atom is 0.308 e. The van der Waals surface area contributed by atoms with Crippen LogP contribution in [0.15, 0.2) is 54.3 Å². The summed E-state index contributed by atoms with van der Waals surface area (Å²) in [5.41, 5.74) is -0.172. The van der Waals surface area contributed by atoms with Gasteiger partial charge in [-0.1, -0.05) is 18.2 Å². The van der Waals surface area contributed by atoms with E-state index in [1.165, 1.54) is 24.3 Å². The van der Waals surface area contributed by atoms with Crippen LogP contribution in [0.5, 0.6) is 11.5 Å². The molecule has 2 aliphatic rings. The fraction of sp³-hybridized carbons (Fsp3) is 0.438. The van der Waals surface area contributed by atoms with Crippen molar-refractivity contribution in [3.63, 3.8) is 0 Å². The van der Waals surface area contributed by atoms with Crippen LogP contribution in [0.3, 0.4) is 0 Å². The highest BCUT2D eigenvalue weighted by Crippen LogP contribution is 2.35. The summed E-state index contributed by atoms with van der Waals surface area (Å²) in [5, 5.41) is 0. The van der Waals surface area contributed by atoms with Crippen molar-refractivity contribution in [2.75, 3.05) is 13.7 Å². The van der Waals surface area contributed by atoms with Crippen molar-refractivity contribution in [1.82, 2.24) is 0 Å². The summed E-state index contributed by atoms with van der Waals surface area (Å²) in [6.07, 6.45) is 1.66. The van der Waals surface area contributed by atoms with Crippen LogP contribution in [-0.2, 0) is 52.4 Å². The number of ether oxygens (including phenoxy) is 8. The number of hydrogen-bond acceptors (Lipinski definition) is 14. The lowest BCUT2D eigenvalue weighted by atomic mass is 9.97. The summed E-state index contributed by atoms with van der Waals surface area (Å²) < 4.78 is 44.0. The maximum atomic E-state index is 13.6. The van der Waals surface area contributed by atoms with E-state index in [-0.39, 0.29) is 23.0 Å². The lowest BCUT2D eigenvalue weighted by Gasteiger charge is -2.44. The predicted molar refractivity (Wildman–Crippen MR) is 156 cm³/mol. The molecule has 1 aromatic carbocycles. The zero-order valence-corrected chi connectivity index (χ0v) is 26.2. The zero-order valence-electron chi connectivity index (χ0n) is 26.2. The Morgan fingerprint density at radius 1 is 0.826 bits per heavy atom. The van der Waals surface area contributed by atoms with Gasteiger partial charge in [0.2, 0.25) is 12.4 Å². The third-order valence-electron chi connectivity index (χ3n) is 6.51. The summed E-state index contributed by atoms with van der Waals surface area (Å²) in [7, 11) is 1.55. The number of rotatable bonds is 12. The van der Waals surface area contributed by atoms with E-state index in [4.69, 9.17) is 37.9 Å². The van der Waals surface area contributed by atoms with Gasteiger partial charge in [0.05, 0.1) is 7.11 Å². The molecule has 1 heterocycles. The second-order valence-corrected chi connectivity index (χ2v) is 10.2. The van der Waals surface area contributed by atoms with Crippen molar-refractivity contribution in [3.05, 3.63) is 59.9 Å². The van der Waals surface area contributed by atoms with Crippen LogP contribution in [0.25, 0.3) is 0 Å². The van der Waals surface area contributed by atoms with Crippen molar-refractivity contribution in [2.24, 2.45) is 5.92 Å². The van der Waals surface area contributed by atoms with Crippen molar-refractivity contribution in [1.29, 1.82) is 0 Å². The molecule has 0 spiro atoms. The van der Waals surface area contributed by atoms with Crippen LogP contribution in [0.1, 0.15) is 51.4 Å². The molecule has 14 heteroatoms. The largest absolute Gasteiger partial charge is 0.497 e. The fourth-order valence-electron chi connectivity index (χ4n) is 4.71. The van der Waals surface area contributed by atoms with Crippen LogP contribution >= 0.6 is 0 Å². The predicted octanol–water partition coefficient (Wildman–Crippen LogP) is 2.92. The third kappa shape index (κ3) is 10.0. The van der Waals surface area contributed by atoms with E-state index in [1.54, 1.807) is 19.3 Å². The highest BCUT2D eigenvalue weighted by molar-refractivity contribution is 6.09. The molecule has 0 N–H and O–H groups in total. The minimum Gasteiger partial charge on any atom is -0.497 e. The second kappa shape index (κ2) is 16.4. The van der Waals surface area contributed by atoms with Gasteiger partial charge >= 0.3 is 29.8 Å². The highest BCUT2D eigenvalue weighted by Gasteiger charge is 2.53. The molecule has 248 valence electrons. The number of esters is 5. The zero-order chi connectivity index (χ0) is 34.0. The molecule has 0 aromatic heterocycles. The molecule has 0 saturated carbocycles. The standard InChI is InChI=1S/C32H36O14/c1-17(33)40-16-27-29(42-19(3)35)30(43-20(4)36)31(44-21(5)37)32(46-27)45-26-9-7-8-25(41-18(2)34)28(26)24(38)15-12-22-10-13-23(39-6)14-11-22/h7-10,12-15,22,27,29-32H,11,16H2,1-6H3/t22?,27-,29-,30+,31-,32-/m1/s1. The van der Waals surface area contributed by atoms with Gasteiger partial charge in [0.1, 0.15) is 35.5 Å². The second-order valence-electron chi connectivity index (χ2n) is 10.2. The molecule has 1 fully saturated rings. The van der Waals surface area contributed by atoms with Gasteiger partial charge in [0.25, 0.3) is 0 Å². The summed E-state index contributed by atoms with van der Waals surface area (Å²) in [6.45, 7) is 5.08. The van der Waals surface area contributed by atoms with Gasteiger partial charge in [-0.3, -0.25) is 28.8 Å². The molecular weight excluding hydrogens is 608 g/mol. The maximum absolute atomic E-state index is 13.6. The van der Waals surface area contributed by atoms with Gasteiger partial charge in [0.15, 0.2) is 18.0 Å². The number of ketones is 1. The van der Waals surface area contributed by atoms with Crippen LogP contribution in [0, 0.1) is 5.92 Å². The van der Waals surface area contributed by atoms with Crippen molar-refractivity contribution < 1.29 is 66.7 Å². The minimum atomic E-state index is -1.62. The molecule has 1 aliphatic heterocycles. The molecule has 1 aromatic rings. The molecule has 0 radical (unpaired) electrons. The number of hydrogen-bond donors (Lipinski definition) is 0. The van der Waals surface area contributed by atoms with Gasteiger partial charge in [-0.25, -0.2) is 0 Å². The number of allylic oxidation sites excluding steroid dienone is 5. The smallest absolute Gasteiger partial charge is 0.308 e. The fourth-order valence-corrected chi connectivity index (χ4v) is 4.71. The van der Waals surface area contributed by atoms with Crippen LogP contribution < -0.4 is 9.47 Å².